The highest BCUT2D eigenvalue weighted by molar-refractivity contribution is 6.30. The van der Waals surface area contributed by atoms with Gasteiger partial charge in [-0.05, 0) is 48.7 Å². The van der Waals surface area contributed by atoms with E-state index in [-0.39, 0.29) is 0 Å². The Morgan fingerprint density at radius 3 is 2.74 bits per heavy atom. The lowest BCUT2D eigenvalue weighted by Gasteiger charge is -2.08. The highest BCUT2D eigenvalue weighted by Gasteiger charge is 2.03. The molecule has 0 bridgehead atoms. The van der Waals surface area contributed by atoms with E-state index in [0.717, 1.165) is 19.1 Å². The minimum Gasteiger partial charge on any atom is -0.493 e. The van der Waals surface area contributed by atoms with Crippen molar-refractivity contribution in [1.82, 2.24) is 4.98 Å². The average Bonchev–Trinajstić information content (AvgIpc) is 2.46. The first-order valence-corrected chi connectivity index (χ1v) is 6.44. The molecule has 0 unspecified atom stereocenters. The molecule has 2 aromatic rings. The van der Waals surface area contributed by atoms with E-state index in [1.807, 2.05) is 12.1 Å². The lowest BCUT2D eigenvalue weighted by molar-refractivity contribution is 0.111. The number of carbonyl (C=O) groups excluding carboxylic acids is 1. The van der Waals surface area contributed by atoms with Crippen LogP contribution in [0.5, 0.6) is 5.75 Å². The average molecular weight is 276 g/mol. The van der Waals surface area contributed by atoms with Gasteiger partial charge in [-0.1, -0.05) is 11.6 Å². The molecule has 0 radical (unpaired) electrons. The molecule has 1 aromatic carbocycles. The number of halogens is 1. The van der Waals surface area contributed by atoms with Crippen LogP contribution in [-0.2, 0) is 6.42 Å². The van der Waals surface area contributed by atoms with E-state index in [2.05, 4.69) is 4.98 Å². The summed E-state index contributed by atoms with van der Waals surface area (Å²) in [4.78, 5) is 14.9. The van der Waals surface area contributed by atoms with Gasteiger partial charge >= 0.3 is 0 Å². The number of aldehydes is 1. The summed E-state index contributed by atoms with van der Waals surface area (Å²) in [7, 11) is 0. The Morgan fingerprint density at radius 1 is 1.21 bits per heavy atom. The highest BCUT2D eigenvalue weighted by Crippen LogP contribution is 2.21. The number of rotatable bonds is 6. The molecule has 98 valence electrons. The maximum absolute atomic E-state index is 10.9. The standard InChI is InChI=1S/C15H14ClNO2/c16-14-3-4-15(13(10-14)11-18)19-9-1-2-12-5-7-17-8-6-12/h3-8,10-11H,1-2,9H2. The van der Waals surface area contributed by atoms with Crippen LogP contribution in [0.1, 0.15) is 22.3 Å². The molecule has 19 heavy (non-hydrogen) atoms. The van der Waals surface area contributed by atoms with E-state index < -0.39 is 0 Å². The summed E-state index contributed by atoms with van der Waals surface area (Å²) in [5, 5.41) is 0.534. The Labute approximate surface area is 117 Å². The number of hydrogen-bond acceptors (Lipinski definition) is 3. The number of benzene rings is 1. The monoisotopic (exact) mass is 275 g/mol. The second-order valence-corrected chi connectivity index (χ2v) is 4.54. The van der Waals surface area contributed by atoms with Crippen LogP contribution in [0.2, 0.25) is 5.02 Å². The van der Waals surface area contributed by atoms with Gasteiger partial charge < -0.3 is 4.74 Å². The minimum absolute atomic E-state index is 0.483. The van der Waals surface area contributed by atoms with Crippen molar-refractivity contribution in [3.63, 3.8) is 0 Å². The summed E-state index contributed by atoms with van der Waals surface area (Å²) in [6.07, 6.45) is 6.11. The lowest BCUT2D eigenvalue weighted by Crippen LogP contribution is -2.01. The number of aromatic nitrogens is 1. The molecule has 1 heterocycles. The Bertz CT molecular complexity index is 543. The van der Waals surface area contributed by atoms with E-state index in [4.69, 9.17) is 16.3 Å². The van der Waals surface area contributed by atoms with Gasteiger partial charge in [0, 0.05) is 17.4 Å². The fourth-order valence-corrected chi connectivity index (χ4v) is 1.93. The molecule has 0 amide bonds. The SMILES string of the molecule is O=Cc1cc(Cl)ccc1OCCCc1ccncc1. The van der Waals surface area contributed by atoms with Crippen molar-refractivity contribution >= 4 is 17.9 Å². The zero-order chi connectivity index (χ0) is 13.5. The van der Waals surface area contributed by atoms with E-state index in [1.165, 1.54) is 5.56 Å². The Hall–Kier alpha value is -1.87. The normalized spacial score (nSPS) is 10.2. The largest absolute Gasteiger partial charge is 0.493 e. The predicted molar refractivity (Wildman–Crippen MR) is 74.9 cm³/mol. The molecule has 0 spiro atoms. The van der Waals surface area contributed by atoms with Crippen LogP contribution < -0.4 is 4.74 Å². The fourth-order valence-electron chi connectivity index (χ4n) is 1.75. The van der Waals surface area contributed by atoms with E-state index in [1.54, 1.807) is 30.6 Å². The predicted octanol–water partition coefficient (Wildman–Crippen LogP) is 3.56. The maximum Gasteiger partial charge on any atom is 0.153 e. The molecule has 0 aliphatic heterocycles. The summed E-state index contributed by atoms with van der Waals surface area (Å²) in [6.45, 7) is 0.560. The topological polar surface area (TPSA) is 39.2 Å². The first-order chi connectivity index (χ1) is 9.29. The Morgan fingerprint density at radius 2 is 2.00 bits per heavy atom. The second kappa shape index (κ2) is 6.90. The van der Waals surface area contributed by atoms with Crippen LogP contribution in [0, 0.1) is 0 Å². The molecule has 1 aromatic heterocycles. The molecule has 2 rings (SSSR count). The number of nitrogens with zero attached hydrogens (tertiary/aromatic N) is 1. The molecule has 3 nitrogen and oxygen atoms in total. The Kier molecular flexibility index (Phi) is 4.93. The third-order valence-corrected chi connectivity index (χ3v) is 2.95. The van der Waals surface area contributed by atoms with Crippen molar-refractivity contribution in [3.05, 3.63) is 58.9 Å². The first kappa shape index (κ1) is 13.6. The van der Waals surface area contributed by atoms with Gasteiger partial charge in [0.1, 0.15) is 5.75 Å². The summed E-state index contributed by atoms with van der Waals surface area (Å²) in [5.74, 6) is 0.578. The Balaban J connectivity index is 1.84. The van der Waals surface area contributed by atoms with Crippen molar-refractivity contribution in [2.24, 2.45) is 0 Å². The summed E-state index contributed by atoms with van der Waals surface area (Å²) < 4.78 is 5.60. The van der Waals surface area contributed by atoms with Gasteiger partial charge in [-0.3, -0.25) is 9.78 Å². The third kappa shape index (κ3) is 4.07. The number of carbonyl (C=O) groups is 1. The van der Waals surface area contributed by atoms with Crippen molar-refractivity contribution < 1.29 is 9.53 Å². The minimum atomic E-state index is 0.483. The van der Waals surface area contributed by atoms with Crippen LogP contribution >= 0.6 is 11.6 Å². The fraction of sp³-hybridized carbons (Fsp3) is 0.200. The van der Waals surface area contributed by atoms with E-state index >= 15 is 0 Å². The van der Waals surface area contributed by atoms with Crippen molar-refractivity contribution in [2.45, 2.75) is 12.8 Å². The van der Waals surface area contributed by atoms with Gasteiger partial charge in [-0.15, -0.1) is 0 Å². The molecular weight excluding hydrogens is 262 g/mol. The molecule has 0 saturated carbocycles. The molecule has 0 saturated heterocycles. The maximum atomic E-state index is 10.9. The van der Waals surface area contributed by atoms with Gasteiger partial charge in [0.05, 0.1) is 12.2 Å². The third-order valence-electron chi connectivity index (χ3n) is 2.72. The highest BCUT2D eigenvalue weighted by atomic mass is 35.5. The van der Waals surface area contributed by atoms with Gasteiger partial charge in [0.2, 0.25) is 0 Å². The molecule has 0 aliphatic rings. The molecule has 0 fully saturated rings. The quantitative estimate of drug-likeness (QED) is 0.598. The van der Waals surface area contributed by atoms with Crippen LogP contribution in [0.3, 0.4) is 0 Å². The van der Waals surface area contributed by atoms with Gasteiger partial charge in [-0.25, -0.2) is 0 Å². The van der Waals surface area contributed by atoms with Crippen LogP contribution in [-0.4, -0.2) is 17.9 Å². The van der Waals surface area contributed by atoms with Gasteiger partial charge in [0.15, 0.2) is 6.29 Å². The summed E-state index contributed by atoms with van der Waals surface area (Å²) in [5.41, 5.74) is 1.71. The molecule has 0 N–H and O–H groups in total. The van der Waals surface area contributed by atoms with E-state index in [9.17, 15) is 4.79 Å². The van der Waals surface area contributed by atoms with Crippen LogP contribution in [0.4, 0.5) is 0 Å². The molecular formula is C15H14ClNO2. The van der Waals surface area contributed by atoms with Crippen molar-refractivity contribution in [2.75, 3.05) is 6.61 Å². The number of pyridine rings is 1. The van der Waals surface area contributed by atoms with Crippen LogP contribution in [0.25, 0.3) is 0 Å². The number of hydrogen-bond donors (Lipinski definition) is 0. The summed E-state index contributed by atoms with van der Waals surface area (Å²) >= 11 is 5.82. The van der Waals surface area contributed by atoms with Crippen LogP contribution in [0.15, 0.2) is 42.7 Å². The smallest absolute Gasteiger partial charge is 0.153 e. The zero-order valence-electron chi connectivity index (χ0n) is 10.4. The summed E-state index contributed by atoms with van der Waals surface area (Å²) in [6, 6.07) is 9.01. The zero-order valence-corrected chi connectivity index (χ0v) is 11.1. The van der Waals surface area contributed by atoms with Crippen molar-refractivity contribution in [3.8, 4) is 5.75 Å². The van der Waals surface area contributed by atoms with Gasteiger partial charge in [0.25, 0.3) is 0 Å². The van der Waals surface area contributed by atoms with Gasteiger partial charge in [-0.2, -0.15) is 0 Å². The molecule has 0 aliphatic carbocycles. The van der Waals surface area contributed by atoms with E-state index in [0.29, 0.717) is 22.9 Å². The first-order valence-electron chi connectivity index (χ1n) is 6.06. The lowest BCUT2D eigenvalue weighted by atomic mass is 10.1. The van der Waals surface area contributed by atoms with Crippen molar-refractivity contribution in [1.29, 1.82) is 0 Å². The number of ether oxygens (including phenoxy) is 1. The number of aryl methyl sites for hydroxylation is 1. The molecule has 0 atom stereocenters. The second-order valence-electron chi connectivity index (χ2n) is 4.11. The molecule has 4 heteroatoms.